The van der Waals surface area contributed by atoms with Gasteiger partial charge in [0, 0.05) is 32.9 Å². The molecule has 1 aliphatic rings. The first-order chi connectivity index (χ1) is 10.1. The van der Waals surface area contributed by atoms with Gasteiger partial charge in [0.25, 0.3) is 0 Å². The van der Waals surface area contributed by atoms with Crippen LogP contribution >= 0.6 is 0 Å². The number of ether oxygens (including phenoxy) is 2. The van der Waals surface area contributed by atoms with E-state index < -0.39 is 5.60 Å². The minimum Gasteiger partial charge on any atom is -0.475 e. The molecule has 0 radical (unpaired) electrons. The second kappa shape index (κ2) is 6.61. The first kappa shape index (κ1) is 15.4. The van der Waals surface area contributed by atoms with Crippen molar-refractivity contribution in [2.45, 2.75) is 32.3 Å². The summed E-state index contributed by atoms with van der Waals surface area (Å²) >= 11 is 0. The Morgan fingerprint density at radius 1 is 1.19 bits per heavy atom. The van der Waals surface area contributed by atoms with Crippen LogP contribution in [0.1, 0.15) is 26.7 Å². The van der Waals surface area contributed by atoms with Crippen LogP contribution in [0.15, 0.2) is 30.3 Å². The molecule has 5 nitrogen and oxygen atoms in total. The zero-order chi connectivity index (χ0) is 15.3. The molecule has 0 unspecified atom stereocenters. The largest absolute Gasteiger partial charge is 0.475 e. The van der Waals surface area contributed by atoms with Gasteiger partial charge in [-0.05, 0) is 19.1 Å². The number of rotatable bonds is 4. The first-order valence-corrected chi connectivity index (χ1v) is 7.24. The number of carbonyl (C=O) groups is 2. The van der Waals surface area contributed by atoms with Gasteiger partial charge in [0.2, 0.25) is 11.5 Å². The molecular formula is C16H21NO4. The van der Waals surface area contributed by atoms with Gasteiger partial charge in [-0.3, -0.25) is 4.79 Å². The summed E-state index contributed by atoms with van der Waals surface area (Å²) in [6, 6.07) is 9.25. The summed E-state index contributed by atoms with van der Waals surface area (Å²) in [5, 5.41) is 0. The average Bonchev–Trinajstić information content (AvgIpc) is 2.49. The number of benzene rings is 1. The van der Waals surface area contributed by atoms with Crippen LogP contribution in [0.5, 0.6) is 5.75 Å². The van der Waals surface area contributed by atoms with Crippen LogP contribution in [0.25, 0.3) is 0 Å². The minimum atomic E-state index is -0.997. The number of amides is 1. The van der Waals surface area contributed by atoms with Crippen molar-refractivity contribution in [1.82, 2.24) is 4.90 Å². The molecule has 21 heavy (non-hydrogen) atoms. The van der Waals surface area contributed by atoms with E-state index in [1.54, 1.807) is 11.8 Å². The highest BCUT2D eigenvalue weighted by molar-refractivity contribution is 5.81. The average molecular weight is 291 g/mol. The standard InChI is InChI=1S/C16H21NO4/c1-3-20-15(19)16(21-14-7-5-4-6-8-14)9-11-17(12-10-16)13(2)18/h4-8H,3,9-12H2,1-2H3. The number of para-hydroxylation sites is 1. The van der Waals surface area contributed by atoms with Crippen LogP contribution < -0.4 is 4.74 Å². The number of hydrogen-bond acceptors (Lipinski definition) is 4. The molecule has 1 amide bonds. The molecule has 1 aliphatic heterocycles. The third kappa shape index (κ3) is 3.54. The second-order valence-electron chi connectivity index (χ2n) is 5.14. The third-order valence-corrected chi connectivity index (χ3v) is 3.72. The number of piperidine rings is 1. The maximum absolute atomic E-state index is 12.4. The van der Waals surface area contributed by atoms with Gasteiger partial charge in [0.1, 0.15) is 5.75 Å². The van der Waals surface area contributed by atoms with Gasteiger partial charge in [-0.25, -0.2) is 4.79 Å². The van der Waals surface area contributed by atoms with Crippen molar-refractivity contribution in [3.05, 3.63) is 30.3 Å². The summed E-state index contributed by atoms with van der Waals surface area (Å²) in [5.74, 6) is 0.311. The molecule has 1 heterocycles. The van der Waals surface area contributed by atoms with E-state index in [2.05, 4.69) is 0 Å². The van der Waals surface area contributed by atoms with E-state index in [9.17, 15) is 9.59 Å². The quantitative estimate of drug-likeness (QED) is 0.796. The van der Waals surface area contributed by atoms with Crippen molar-refractivity contribution in [3.8, 4) is 5.75 Å². The van der Waals surface area contributed by atoms with Crippen LogP contribution in [0.3, 0.4) is 0 Å². The highest BCUT2D eigenvalue weighted by atomic mass is 16.6. The molecule has 5 heteroatoms. The number of carbonyl (C=O) groups excluding carboxylic acids is 2. The smallest absolute Gasteiger partial charge is 0.350 e. The SMILES string of the molecule is CCOC(=O)C1(Oc2ccccc2)CCN(C(C)=O)CC1. The van der Waals surface area contributed by atoms with Crippen LogP contribution in [-0.2, 0) is 14.3 Å². The highest BCUT2D eigenvalue weighted by Crippen LogP contribution is 2.30. The minimum absolute atomic E-state index is 0.0205. The molecule has 0 bridgehead atoms. The van der Waals surface area contributed by atoms with Gasteiger partial charge < -0.3 is 14.4 Å². The Labute approximate surface area is 124 Å². The molecular weight excluding hydrogens is 270 g/mol. The number of esters is 1. The van der Waals surface area contributed by atoms with Crippen LogP contribution in [0.2, 0.25) is 0 Å². The lowest BCUT2D eigenvalue weighted by Crippen LogP contribution is -2.54. The maximum Gasteiger partial charge on any atom is 0.350 e. The molecule has 0 atom stereocenters. The summed E-state index contributed by atoms with van der Waals surface area (Å²) < 4.78 is 11.2. The Morgan fingerprint density at radius 2 is 1.81 bits per heavy atom. The van der Waals surface area contributed by atoms with Gasteiger partial charge in [-0.1, -0.05) is 18.2 Å². The van der Waals surface area contributed by atoms with Crippen molar-refractivity contribution < 1.29 is 19.1 Å². The zero-order valence-electron chi connectivity index (χ0n) is 12.5. The van der Waals surface area contributed by atoms with E-state index in [1.807, 2.05) is 30.3 Å². The van der Waals surface area contributed by atoms with E-state index in [0.717, 1.165) is 0 Å². The number of likely N-dealkylation sites (tertiary alicyclic amines) is 1. The predicted molar refractivity (Wildman–Crippen MR) is 77.9 cm³/mol. The number of nitrogens with zero attached hydrogens (tertiary/aromatic N) is 1. The van der Waals surface area contributed by atoms with Crippen molar-refractivity contribution in [1.29, 1.82) is 0 Å². The normalized spacial score (nSPS) is 17.1. The summed E-state index contributed by atoms with van der Waals surface area (Å²) in [6.07, 6.45) is 0.889. The summed E-state index contributed by atoms with van der Waals surface area (Å²) in [6.45, 7) is 4.63. The van der Waals surface area contributed by atoms with Gasteiger partial charge in [0.15, 0.2) is 0 Å². The fourth-order valence-corrected chi connectivity index (χ4v) is 2.51. The van der Waals surface area contributed by atoms with Crippen LogP contribution in [-0.4, -0.2) is 42.1 Å². The van der Waals surface area contributed by atoms with E-state index >= 15 is 0 Å². The van der Waals surface area contributed by atoms with Gasteiger partial charge in [-0.2, -0.15) is 0 Å². The van der Waals surface area contributed by atoms with Gasteiger partial charge in [0.05, 0.1) is 6.61 Å². The zero-order valence-corrected chi connectivity index (χ0v) is 12.5. The molecule has 1 saturated heterocycles. The molecule has 0 saturated carbocycles. The van der Waals surface area contributed by atoms with Crippen molar-refractivity contribution in [2.24, 2.45) is 0 Å². The molecule has 0 N–H and O–H groups in total. The summed E-state index contributed by atoms with van der Waals surface area (Å²) in [5.41, 5.74) is -0.997. The number of hydrogen-bond donors (Lipinski definition) is 0. The fraction of sp³-hybridized carbons (Fsp3) is 0.500. The lowest BCUT2D eigenvalue weighted by Gasteiger charge is -2.39. The van der Waals surface area contributed by atoms with E-state index in [0.29, 0.717) is 38.3 Å². The molecule has 2 rings (SSSR count). The lowest BCUT2D eigenvalue weighted by molar-refractivity contribution is -0.167. The molecule has 1 aromatic rings. The molecule has 1 fully saturated rings. The fourth-order valence-electron chi connectivity index (χ4n) is 2.51. The highest BCUT2D eigenvalue weighted by Gasteiger charge is 2.45. The monoisotopic (exact) mass is 291 g/mol. The molecule has 1 aromatic carbocycles. The Hall–Kier alpha value is -2.04. The van der Waals surface area contributed by atoms with Crippen molar-refractivity contribution >= 4 is 11.9 Å². The Bertz CT molecular complexity index is 492. The molecule has 0 spiro atoms. The van der Waals surface area contributed by atoms with E-state index in [-0.39, 0.29) is 11.9 Å². The molecule has 0 aliphatic carbocycles. The van der Waals surface area contributed by atoms with Gasteiger partial charge in [-0.15, -0.1) is 0 Å². The van der Waals surface area contributed by atoms with E-state index in [4.69, 9.17) is 9.47 Å². The molecule has 114 valence electrons. The lowest BCUT2D eigenvalue weighted by atomic mass is 9.91. The van der Waals surface area contributed by atoms with Gasteiger partial charge >= 0.3 is 5.97 Å². The van der Waals surface area contributed by atoms with Crippen LogP contribution in [0, 0.1) is 0 Å². The van der Waals surface area contributed by atoms with Crippen molar-refractivity contribution in [3.63, 3.8) is 0 Å². The first-order valence-electron chi connectivity index (χ1n) is 7.24. The second-order valence-corrected chi connectivity index (χ2v) is 5.14. The Balaban J connectivity index is 2.16. The summed E-state index contributed by atoms with van der Waals surface area (Å²) in [4.78, 5) is 25.5. The Morgan fingerprint density at radius 3 is 2.33 bits per heavy atom. The van der Waals surface area contributed by atoms with E-state index in [1.165, 1.54) is 6.92 Å². The predicted octanol–water partition coefficient (Wildman–Crippen LogP) is 2.01. The third-order valence-electron chi connectivity index (χ3n) is 3.72. The summed E-state index contributed by atoms with van der Waals surface area (Å²) in [7, 11) is 0. The van der Waals surface area contributed by atoms with Crippen molar-refractivity contribution in [2.75, 3.05) is 19.7 Å². The topological polar surface area (TPSA) is 55.8 Å². The van der Waals surface area contributed by atoms with Crippen LogP contribution in [0.4, 0.5) is 0 Å². The molecule has 0 aromatic heterocycles. The Kier molecular flexibility index (Phi) is 4.83. The maximum atomic E-state index is 12.4.